The van der Waals surface area contributed by atoms with Crippen molar-refractivity contribution in [3.63, 3.8) is 0 Å². The Morgan fingerprint density at radius 3 is 2.57 bits per heavy atom. The molecule has 0 saturated heterocycles. The van der Waals surface area contributed by atoms with Gasteiger partial charge in [-0.25, -0.2) is 0 Å². The van der Waals surface area contributed by atoms with E-state index in [-0.39, 0.29) is 12.1 Å². The van der Waals surface area contributed by atoms with E-state index in [1.165, 1.54) is 0 Å². The molecule has 0 amide bonds. The molecule has 2 N–H and O–H groups in total. The van der Waals surface area contributed by atoms with E-state index >= 15 is 0 Å². The molecule has 0 radical (unpaired) electrons. The van der Waals surface area contributed by atoms with Crippen LogP contribution in [0.1, 0.15) is 24.2 Å². The summed E-state index contributed by atoms with van der Waals surface area (Å²) in [4.78, 5) is 0. The summed E-state index contributed by atoms with van der Waals surface area (Å²) >= 11 is 6.05. The van der Waals surface area contributed by atoms with Gasteiger partial charge < -0.3 is 15.2 Å². The van der Waals surface area contributed by atoms with E-state index in [9.17, 15) is 0 Å². The van der Waals surface area contributed by atoms with Gasteiger partial charge >= 0.3 is 0 Å². The van der Waals surface area contributed by atoms with Crippen molar-refractivity contribution in [2.45, 2.75) is 25.7 Å². The summed E-state index contributed by atoms with van der Waals surface area (Å²) in [6, 6.07) is 15.3. The van der Waals surface area contributed by atoms with Gasteiger partial charge in [0.1, 0.15) is 11.9 Å². The van der Waals surface area contributed by atoms with Gasteiger partial charge in [-0.3, -0.25) is 0 Å². The number of ether oxygens (including phenoxy) is 2. The normalized spacial score (nSPS) is 13.7. The van der Waals surface area contributed by atoms with E-state index in [0.717, 1.165) is 16.9 Å². The van der Waals surface area contributed by atoms with Crippen molar-refractivity contribution in [2.75, 3.05) is 7.11 Å². The van der Waals surface area contributed by atoms with E-state index in [4.69, 9.17) is 26.8 Å². The summed E-state index contributed by atoms with van der Waals surface area (Å²) < 4.78 is 11.2. The molecule has 0 aliphatic rings. The molecule has 0 saturated carbocycles. The zero-order valence-corrected chi connectivity index (χ0v) is 13.0. The largest absolute Gasteiger partial charge is 0.484 e. The molecule has 2 rings (SSSR count). The van der Waals surface area contributed by atoms with Crippen molar-refractivity contribution in [3.05, 3.63) is 64.7 Å². The maximum absolute atomic E-state index is 6.07. The zero-order valence-electron chi connectivity index (χ0n) is 12.3. The predicted octanol–water partition coefficient (Wildman–Crippen LogP) is 3.95. The zero-order chi connectivity index (χ0) is 15.2. The van der Waals surface area contributed by atoms with Gasteiger partial charge in [-0.1, -0.05) is 35.9 Å². The van der Waals surface area contributed by atoms with Crippen LogP contribution in [0.3, 0.4) is 0 Å². The summed E-state index contributed by atoms with van der Waals surface area (Å²) in [5.74, 6) is 0.770. The number of rotatable bonds is 6. The summed E-state index contributed by atoms with van der Waals surface area (Å²) in [5, 5.41) is 0.676. The monoisotopic (exact) mass is 305 g/mol. The highest BCUT2D eigenvalue weighted by Gasteiger charge is 2.18. The van der Waals surface area contributed by atoms with Crippen LogP contribution in [0.4, 0.5) is 0 Å². The summed E-state index contributed by atoms with van der Waals surface area (Å²) in [5.41, 5.74) is 8.10. The molecular formula is C17H20ClNO2. The second kappa shape index (κ2) is 7.46. The third kappa shape index (κ3) is 4.46. The minimum atomic E-state index is -0.249. The Bertz CT molecular complexity index is 587. The van der Waals surface area contributed by atoms with Gasteiger partial charge in [-0.2, -0.15) is 0 Å². The van der Waals surface area contributed by atoms with Crippen molar-refractivity contribution < 1.29 is 9.47 Å². The number of halogens is 1. The maximum atomic E-state index is 6.07. The van der Waals surface area contributed by atoms with E-state index in [1.54, 1.807) is 7.11 Å². The average Bonchev–Trinajstić information content (AvgIpc) is 2.45. The first-order valence-corrected chi connectivity index (χ1v) is 7.23. The minimum absolute atomic E-state index is 0.158. The van der Waals surface area contributed by atoms with Crippen LogP contribution in [0.5, 0.6) is 5.75 Å². The predicted molar refractivity (Wildman–Crippen MR) is 85.6 cm³/mol. The van der Waals surface area contributed by atoms with Crippen molar-refractivity contribution in [2.24, 2.45) is 5.73 Å². The molecule has 2 unspecified atom stereocenters. The fourth-order valence-corrected chi connectivity index (χ4v) is 2.38. The molecule has 4 heteroatoms. The van der Waals surface area contributed by atoms with Gasteiger partial charge in [0.05, 0.1) is 6.61 Å². The minimum Gasteiger partial charge on any atom is -0.484 e. The lowest BCUT2D eigenvalue weighted by Gasteiger charge is -2.23. The fourth-order valence-electron chi connectivity index (χ4n) is 2.18. The average molecular weight is 306 g/mol. The third-order valence-electron chi connectivity index (χ3n) is 3.13. The molecule has 0 fully saturated rings. The highest BCUT2D eigenvalue weighted by Crippen LogP contribution is 2.26. The number of methoxy groups -OCH3 is 1. The Balaban J connectivity index is 2.22. The van der Waals surface area contributed by atoms with Crippen LogP contribution in [0.25, 0.3) is 0 Å². The molecule has 0 heterocycles. The quantitative estimate of drug-likeness (QED) is 0.878. The highest BCUT2D eigenvalue weighted by atomic mass is 35.5. The van der Waals surface area contributed by atoms with Gasteiger partial charge in [0.25, 0.3) is 0 Å². The molecule has 2 aromatic carbocycles. The first-order valence-electron chi connectivity index (χ1n) is 6.85. The SMILES string of the molecule is COCc1cccc(OC(c2cccc(Cl)c2)C(C)N)c1. The molecule has 0 bridgehead atoms. The van der Waals surface area contributed by atoms with Crippen molar-refractivity contribution in [1.29, 1.82) is 0 Å². The summed E-state index contributed by atoms with van der Waals surface area (Å²) in [6.45, 7) is 2.47. The lowest BCUT2D eigenvalue weighted by Crippen LogP contribution is -2.29. The van der Waals surface area contributed by atoms with Crippen LogP contribution >= 0.6 is 11.6 Å². The topological polar surface area (TPSA) is 44.5 Å². The molecule has 2 aromatic rings. The van der Waals surface area contributed by atoms with Gasteiger partial charge in [-0.05, 0) is 42.3 Å². The van der Waals surface area contributed by atoms with Gasteiger partial charge in [-0.15, -0.1) is 0 Å². The van der Waals surface area contributed by atoms with Crippen LogP contribution in [0.15, 0.2) is 48.5 Å². The van der Waals surface area contributed by atoms with Crippen LogP contribution < -0.4 is 10.5 Å². The number of nitrogens with two attached hydrogens (primary N) is 1. The molecule has 112 valence electrons. The lowest BCUT2D eigenvalue weighted by molar-refractivity contribution is 0.175. The molecule has 21 heavy (non-hydrogen) atoms. The second-order valence-corrected chi connectivity index (χ2v) is 5.47. The second-order valence-electron chi connectivity index (χ2n) is 5.03. The summed E-state index contributed by atoms with van der Waals surface area (Å²) in [6.07, 6.45) is -0.249. The molecule has 3 nitrogen and oxygen atoms in total. The molecule has 0 aliphatic carbocycles. The molecule has 0 spiro atoms. The lowest BCUT2D eigenvalue weighted by atomic mass is 10.0. The fraction of sp³-hybridized carbons (Fsp3) is 0.294. The maximum Gasteiger partial charge on any atom is 0.138 e. The van der Waals surface area contributed by atoms with Crippen molar-refractivity contribution in [3.8, 4) is 5.75 Å². The Hall–Kier alpha value is -1.55. The van der Waals surface area contributed by atoms with Crippen molar-refractivity contribution in [1.82, 2.24) is 0 Å². The van der Waals surface area contributed by atoms with Crippen LogP contribution in [-0.2, 0) is 11.3 Å². The van der Waals surface area contributed by atoms with Gasteiger partial charge in [0.15, 0.2) is 0 Å². The molecule has 2 atom stereocenters. The Labute approximate surface area is 130 Å². The Kier molecular flexibility index (Phi) is 5.62. The number of hydrogen-bond donors (Lipinski definition) is 1. The number of benzene rings is 2. The molecular weight excluding hydrogens is 286 g/mol. The van der Waals surface area contributed by atoms with Crippen molar-refractivity contribution >= 4 is 11.6 Å². The Morgan fingerprint density at radius 2 is 1.90 bits per heavy atom. The van der Waals surface area contributed by atoms with E-state index < -0.39 is 0 Å². The van der Waals surface area contributed by atoms with Gasteiger partial charge in [0.2, 0.25) is 0 Å². The highest BCUT2D eigenvalue weighted by molar-refractivity contribution is 6.30. The first kappa shape index (κ1) is 15.8. The third-order valence-corrected chi connectivity index (χ3v) is 3.36. The van der Waals surface area contributed by atoms with E-state index in [1.807, 2.05) is 55.5 Å². The first-order chi connectivity index (χ1) is 10.1. The van der Waals surface area contributed by atoms with Crippen LogP contribution in [0.2, 0.25) is 5.02 Å². The Morgan fingerprint density at radius 1 is 1.14 bits per heavy atom. The standard InChI is InChI=1S/C17H20ClNO2/c1-12(19)17(14-6-4-7-15(18)10-14)21-16-8-3-5-13(9-16)11-20-2/h3-10,12,17H,11,19H2,1-2H3. The summed E-state index contributed by atoms with van der Waals surface area (Å²) in [7, 11) is 1.67. The van der Waals surface area contributed by atoms with Crippen LogP contribution in [-0.4, -0.2) is 13.2 Å². The smallest absolute Gasteiger partial charge is 0.138 e. The van der Waals surface area contributed by atoms with Crippen LogP contribution in [0, 0.1) is 0 Å². The molecule has 0 aliphatic heterocycles. The van der Waals surface area contributed by atoms with E-state index in [0.29, 0.717) is 11.6 Å². The van der Waals surface area contributed by atoms with E-state index in [2.05, 4.69) is 0 Å². The number of hydrogen-bond acceptors (Lipinski definition) is 3. The molecule has 0 aromatic heterocycles. The van der Waals surface area contributed by atoms with Gasteiger partial charge in [0, 0.05) is 18.2 Å².